The SMILES string of the molecule is COC(Cl)c1nsc(C(N)=O)c1C(Cl)OC. The second kappa shape index (κ2) is 5.79. The maximum absolute atomic E-state index is 11.2. The van der Waals surface area contributed by atoms with Crippen LogP contribution in [0.5, 0.6) is 0 Å². The van der Waals surface area contributed by atoms with Crippen LogP contribution in [-0.2, 0) is 9.47 Å². The number of hydrogen-bond acceptors (Lipinski definition) is 5. The van der Waals surface area contributed by atoms with Crippen LogP contribution >= 0.6 is 34.7 Å². The Kier molecular flexibility index (Phi) is 4.94. The molecule has 1 aromatic heterocycles. The standard InChI is InChI=1S/C8H10Cl2N2O3S/c1-14-6(9)3-4(7(10)15-2)12-16-5(3)8(11)13/h6-7H,1-2H3,(H2,11,13). The second-order valence-corrected chi connectivity index (χ2v) is 4.34. The van der Waals surface area contributed by atoms with Crippen molar-refractivity contribution in [1.82, 2.24) is 4.37 Å². The van der Waals surface area contributed by atoms with Crippen molar-refractivity contribution in [2.24, 2.45) is 5.73 Å². The maximum atomic E-state index is 11.2. The number of alkyl halides is 2. The van der Waals surface area contributed by atoms with Crippen LogP contribution in [0.1, 0.15) is 32.1 Å². The van der Waals surface area contributed by atoms with Crippen molar-refractivity contribution in [2.45, 2.75) is 11.1 Å². The highest BCUT2D eigenvalue weighted by atomic mass is 35.5. The van der Waals surface area contributed by atoms with E-state index in [1.807, 2.05) is 0 Å². The quantitative estimate of drug-likeness (QED) is 0.840. The number of carbonyl (C=O) groups is 1. The lowest BCUT2D eigenvalue weighted by atomic mass is 10.2. The zero-order valence-corrected chi connectivity index (χ0v) is 10.9. The molecule has 0 aliphatic rings. The molecule has 1 heterocycles. The summed E-state index contributed by atoms with van der Waals surface area (Å²) in [6.07, 6.45) is 0. The molecule has 2 N–H and O–H groups in total. The van der Waals surface area contributed by atoms with Crippen molar-refractivity contribution in [3.05, 3.63) is 16.1 Å². The van der Waals surface area contributed by atoms with E-state index in [0.29, 0.717) is 11.3 Å². The van der Waals surface area contributed by atoms with Crippen LogP contribution in [0.4, 0.5) is 0 Å². The fraction of sp³-hybridized carbons (Fsp3) is 0.500. The molecular formula is C8H10Cl2N2O3S. The first-order valence-corrected chi connectivity index (χ1v) is 5.80. The number of methoxy groups -OCH3 is 2. The first-order chi connectivity index (χ1) is 7.52. The van der Waals surface area contributed by atoms with Crippen molar-refractivity contribution < 1.29 is 14.3 Å². The third-order valence-corrected chi connectivity index (χ3v) is 3.51. The van der Waals surface area contributed by atoms with Gasteiger partial charge in [-0.2, -0.15) is 4.37 Å². The molecule has 1 aromatic rings. The van der Waals surface area contributed by atoms with E-state index in [1.54, 1.807) is 0 Å². The Labute approximate surface area is 107 Å². The zero-order valence-electron chi connectivity index (χ0n) is 8.57. The number of aromatic nitrogens is 1. The Bertz CT molecular complexity index is 385. The maximum Gasteiger partial charge on any atom is 0.260 e. The fourth-order valence-corrected chi connectivity index (χ4v) is 2.39. The van der Waals surface area contributed by atoms with Gasteiger partial charge in [0, 0.05) is 19.8 Å². The normalized spacial score (nSPS) is 14.8. The monoisotopic (exact) mass is 284 g/mol. The average molecular weight is 285 g/mol. The number of halogens is 2. The lowest BCUT2D eigenvalue weighted by Gasteiger charge is -2.12. The predicted molar refractivity (Wildman–Crippen MR) is 61.8 cm³/mol. The Morgan fingerprint density at radius 1 is 1.38 bits per heavy atom. The van der Waals surface area contributed by atoms with Gasteiger partial charge in [0.25, 0.3) is 5.91 Å². The van der Waals surface area contributed by atoms with Crippen LogP contribution in [-0.4, -0.2) is 24.5 Å². The van der Waals surface area contributed by atoms with Gasteiger partial charge in [-0.05, 0) is 11.5 Å². The molecule has 0 spiro atoms. The summed E-state index contributed by atoms with van der Waals surface area (Å²) in [6, 6.07) is 0. The van der Waals surface area contributed by atoms with E-state index in [9.17, 15) is 4.79 Å². The largest absolute Gasteiger partial charge is 0.365 e. The summed E-state index contributed by atoms with van der Waals surface area (Å²) in [5, 5.41) is 0. The molecule has 2 unspecified atom stereocenters. The summed E-state index contributed by atoms with van der Waals surface area (Å²) >= 11 is 12.7. The van der Waals surface area contributed by atoms with E-state index in [-0.39, 0.29) is 4.88 Å². The van der Waals surface area contributed by atoms with Gasteiger partial charge in [-0.1, -0.05) is 23.2 Å². The van der Waals surface area contributed by atoms with Crippen molar-refractivity contribution in [3.63, 3.8) is 0 Å². The van der Waals surface area contributed by atoms with Gasteiger partial charge in [0.2, 0.25) is 0 Å². The van der Waals surface area contributed by atoms with Crippen molar-refractivity contribution >= 4 is 40.6 Å². The molecule has 0 aromatic carbocycles. The Morgan fingerprint density at radius 3 is 2.38 bits per heavy atom. The van der Waals surface area contributed by atoms with E-state index < -0.39 is 17.0 Å². The average Bonchev–Trinajstić information content (AvgIpc) is 2.71. The number of amides is 1. The molecule has 1 rings (SSSR count). The molecule has 0 aliphatic heterocycles. The first kappa shape index (κ1) is 13.7. The van der Waals surface area contributed by atoms with Crippen molar-refractivity contribution in [1.29, 1.82) is 0 Å². The van der Waals surface area contributed by atoms with E-state index in [1.165, 1.54) is 14.2 Å². The molecule has 0 saturated carbocycles. The summed E-state index contributed by atoms with van der Waals surface area (Å²) in [4.78, 5) is 11.4. The van der Waals surface area contributed by atoms with Gasteiger partial charge in [0.1, 0.15) is 10.6 Å². The van der Waals surface area contributed by atoms with Crippen molar-refractivity contribution in [3.8, 4) is 0 Å². The summed E-state index contributed by atoms with van der Waals surface area (Å²) in [7, 11) is 2.82. The summed E-state index contributed by atoms with van der Waals surface area (Å²) in [5.41, 5.74) is 4.28. The van der Waals surface area contributed by atoms with Gasteiger partial charge in [-0.15, -0.1) is 0 Å². The molecule has 8 heteroatoms. The van der Waals surface area contributed by atoms with Crippen LogP contribution in [0.15, 0.2) is 0 Å². The Balaban J connectivity index is 3.24. The Morgan fingerprint density at radius 2 is 1.94 bits per heavy atom. The molecule has 0 radical (unpaired) electrons. The van der Waals surface area contributed by atoms with Crippen LogP contribution in [0, 0.1) is 0 Å². The predicted octanol–water partition coefficient (Wildman–Crippen LogP) is 2.01. The number of nitrogens with two attached hydrogens (primary N) is 1. The number of hydrogen-bond donors (Lipinski definition) is 1. The van der Waals surface area contributed by atoms with Gasteiger partial charge in [-0.3, -0.25) is 4.79 Å². The lowest BCUT2D eigenvalue weighted by molar-refractivity contribution is 0.0997. The van der Waals surface area contributed by atoms with Crippen LogP contribution in [0.2, 0.25) is 0 Å². The highest BCUT2D eigenvalue weighted by molar-refractivity contribution is 7.08. The van der Waals surface area contributed by atoms with Gasteiger partial charge < -0.3 is 15.2 Å². The smallest absolute Gasteiger partial charge is 0.260 e. The van der Waals surface area contributed by atoms with E-state index >= 15 is 0 Å². The number of primary amides is 1. The first-order valence-electron chi connectivity index (χ1n) is 4.15. The molecule has 1 amide bonds. The minimum Gasteiger partial charge on any atom is -0.365 e. The third-order valence-electron chi connectivity index (χ3n) is 1.84. The summed E-state index contributed by atoms with van der Waals surface area (Å²) in [5.74, 6) is -0.624. The Hall–Kier alpha value is -0.400. The molecule has 90 valence electrons. The highest BCUT2D eigenvalue weighted by Gasteiger charge is 2.27. The van der Waals surface area contributed by atoms with Gasteiger partial charge in [-0.25, -0.2) is 0 Å². The third kappa shape index (κ3) is 2.64. The number of carbonyl (C=O) groups excluding carboxylic acids is 1. The highest BCUT2D eigenvalue weighted by Crippen LogP contribution is 2.36. The fourth-order valence-electron chi connectivity index (χ4n) is 1.10. The van der Waals surface area contributed by atoms with E-state index in [2.05, 4.69) is 4.37 Å². The molecule has 16 heavy (non-hydrogen) atoms. The zero-order chi connectivity index (χ0) is 12.3. The minimum absolute atomic E-state index is 0.222. The molecule has 0 fully saturated rings. The lowest BCUT2D eigenvalue weighted by Crippen LogP contribution is -2.13. The topological polar surface area (TPSA) is 74.4 Å². The molecule has 2 atom stereocenters. The van der Waals surface area contributed by atoms with Gasteiger partial charge >= 0.3 is 0 Å². The second-order valence-electron chi connectivity index (χ2n) is 2.78. The van der Waals surface area contributed by atoms with Gasteiger partial charge in [0.05, 0.1) is 0 Å². The van der Waals surface area contributed by atoms with Crippen LogP contribution < -0.4 is 5.73 Å². The molecular weight excluding hydrogens is 275 g/mol. The number of rotatable bonds is 5. The molecule has 0 bridgehead atoms. The number of ether oxygens (including phenoxy) is 2. The summed E-state index contributed by atoms with van der Waals surface area (Å²) < 4.78 is 13.8. The molecule has 5 nitrogen and oxygen atoms in total. The minimum atomic E-state index is -0.840. The van der Waals surface area contributed by atoms with E-state index in [4.69, 9.17) is 38.4 Å². The number of nitrogens with zero attached hydrogens (tertiary/aromatic N) is 1. The molecule has 0 saturated heterocycles. The van der Waals surface area contributed by atoms with Crippen LogP contribution in [0.3, 0.4) is 0 Å². The molecule has 0 aliphatic carbocycles. The van der Waals surface area contributed by atoms with Gasteiger partial charge in [0.15, 0.2) is 11.1 Å². The van der Waals surface area contributed by atoms with E-state index in [0.717, 1.165) is 11.5 Å². The van der Waals surface area contributed by atoms with Crippen molar-refractivity contribution in [2.75, 3.05) is 14.2 Å². The van der Waals surface area contributed by atoms with Crippen LogP contribution in [0.25, 0.3) is 0 Å². The summed E-state index contributed by atoms with van der Waals surface area (Å²) in [6.45, 7) is 0.